The van der Waals surface area contributed by atoms with Crippen LogP contribution in [0.3, 0.4) is 0 Å². The van der Waals surface area contributed by atoms with Crippen molar-refractivity contribution in [2.75, 3.05) is 6.61 Å². The number of hydrogen-bond donors (Lipinski definition) is 0. The molecule has 0 radical (unpaired) electrons. The van der Waals surface area contributed by atoms with E-state index < -0.39 is 0 Å². The Morgan fingerprint density at radius 3 is 2.08 bits per heavy atom. The maximum Gasteiger partial charge on any atom is 0.106 e. The van der Waals surface area contributed by atoms with E-state index in [1.165, 1.54) is 0 Å². The number of rotatable bonds is 0. The molecule has 0 spiro atoms. The number of aromatic nitrogens is 3. The van der Waals surface area contributed by atoms with E-state index >= 15 is 0 Å². The summed E-state index contributed by atoms with van der Waals surface area (Å²) in [6, 6.07) is 1.72. The third-order valence-corrected chi connectivity index (χ3v) is 1.02. The van der Waals surface area contributed by atoms with Crippen LogP contribution < -0.4 is 0 Å². The molecule has 1 aromatic rings. The molecule has 0 saturated heterocycles. The molecule has 2 heterocycles. The van der Waals surface area contributed by atoms with Crippen molar-refractivity contribution < 1.29 is 4.74 Å². The van der Waals surface area contributed by atoms with Gasteiger partial charge >= 0.3 is 0 Å². The van der Waals surface area contributed by atoms with E-state index in [0.29, 0.717) is 0 Å². The van der Waals surface area contributed by atoms with Crippen LogP contribution in [0.25, 0.3) is 0 Å². The van der Waals surface area contributed by atoms with Crippen molar-refractivity contribution in [2.24, 2.45) is 0 Å². The summed E-state index contributed by atoms with van der Waals surface area (Å²) in [5, 5.41) is 10.1. The fourth-order valence-corrected chi connectivity index (χ4v) is 0.551. The van der Waals surface area contributed by atoms with Crippen LogP contribution >= 0.6 is 0 Å². The van der Waals surface area contributed by atoms with Gasteiger partial charge in [-0.05, 0) is 23.4 Å². The molecule has 0 N–H and O–H groups in total. The number of hydrogen-bond acceptors (Lipinski definition) is 4. The van der Waals surface area contributed by atoms with Gasteiger partial charge in [0.15, 0.2) is 0 Å². The van der Waals surface area contributed by atoms with E-state index in [1.807, 2.05) is 18.2 Å². The van der Waals surface area contributed by atoms with E-state index in [0.717, 1.165) is 6.61 Å². The maximum atomic E-state index is 4.80. The summed E-state index contributed by atoms with van der Waals surface area (Å²) in [5.41, 5.74) is 0. The zero-order valence-electron chi connectivity index (χ0n) is 6.50. The second kappa shape index (κ2) is 6.03. The highest BCUT2D eigenvalue weighted by atomic mass is 16.5. The van der Waals surface area contributed by atoms with Gasteiger partial charge in [0.25, 0.3) is 0 Å². The predicted molar refractivity (Wildman–Crippen MR) is 44.1 cm³/mol. The van der Waals surface area contributed by atoms with Crippen LogP contribution in [0.5, 0.6) is 0 Å². The molecule has 1 aliphatic heterocycles. The first-order valence-corrected chi connectivity index (χ1v) is 3.52. The van der Waals surface area contributed by atoms with Crippen LogP contribution in [0.4, 0.5) is 0 Å². The topological polar surface area (TPSA) is 47.9 Å². The average Bonchev–Trinajstić information content (AvgIpc) is 2.24. The summed E-state index contributed by atoms with van der Waals surface area (Å²) < 4.78 is 4.80. The maximum absolute atomic E-state index is 4.80. The molecular formula is C8H9N3O. The monoisotopic (exact) mass is 163 g/mol. The third kappa shape index (κ3) is 4.16. The summed E-state index contributed by atoms with van der Waals surface area (Å²) in [6.07, 6.45) is 10.6. The standard InChI is InChI=1S/C5H6O.C3H3N3/c2*1-2-4-6-5-3-1/h1-4H,5H2;1-3H. The van der Waals surface area contributed by atoms with E-state index in [9.17, 15) is 0 Å². The zero-order chi connectivity index (χ0) is 8.49. The Bertz CT molecular complexity index is 207. The minimum absolute atomic E-state index is 0.733. The molecule has 62 valence electrons. The van der Waals surface area contributed by atoms with Crippen LogP contribution in [0.1, 0.15) is 0 Å². The van der Waals surface area contributed by atoms with E-state index in [2.05, 4.69) is 15.4 Å². The third-order valence-electron chi connectivity index (χ3n) is 1.02. The Kier molecular flexibility index (Phi) is 4.21. The summed E-state index contributed by atoms with van der Waals surface area (Å²) in [7, 11) is 0. The van der Waals surface area contributed by atoms with Crippen LogP contribution in [0.15, 0.2) is 43.0 Å². The van der Waals surface area contributed by atoms with Crippen LogP contribution in [0.2, 0.25) is 0 Å². The predicted octanol–water partition coefficient (Wildman–Crippen LogP) is 0.958. The lowest BCUT2D eigenvalue weighted by molar-refractivity contribution is 0.286. The average molecular weight is 163 g/mol. The number of nitrogens with zero attached hydrogens (tertiary/aromatic N) is 3. The minimum Gasteiger partial charge on any atom is -0.497 e. The summed E-state index contributed by atoms with van der Waals surface area (Å²) in [6.45, 7) is 0.733. The van der Waals surface area contributed by atoms with Gasteiger partial charge in [-0.2, -0.15) is 0 Å². The summed E-state index contributed by atoms with van der Waals surface area (Å²) >= 11 is 0. The highest BCUT2D eigenvalue weighted by Gasteiger charge is 1.75. The molecule has 1 aliphatic rings. The van der Waals surface area contributed by atoms with Gasteiger partial charge in [-0.15, -0.1) is 10.2 Å². The molecule has 12 heavy (non-hydrogen) atoms. The van der Waals surface area contributed by atoms with Crippen molar-refractivity contribution in [1.29, 1.82) is 0 Å². The molecule has 1 aromatic heterocycles. The highest BCUT2D eigenvalue weighted by molar-refractivity contribution is 5.02. The molecule has 2 rings (SSSR count). The largest absolute Gasteiger partial charge is 0.497 e. The summed E-state index contributed by atoms with van der Waals surface area (Å²) in [4.78, 5) is 0. The fraction of sp³-hybridized carbons (Fsp3) is 0.125. The van der Waals surface area contributed by atoms with Gasteiger partial charge < -0.3 is 4.74 Å². The molecule has 0 aliphatic carbocycles. The molecule has 0 bridgehead atoms. The smallest absolute Gasteiger partial charge is 0.106 e. The lowest BCUT2D eigenvalue weighted by atomic mass is 10.5. The molecule has 0 amide bonds. The molecule has 0 atom stereocenters. The van der Waals surface area contributed by atoms with Crippen molar-refractivity contribution in [2.45, 2.75) is 0 Å². The normalized spacial score (nSPS) is 12.7. The van der Waals surface area contributed by atoms with Crippen LogP contribution in [-0.2, 0) is 4.74 Å². The quantitative estimate of drug-likeness (QED) is 0.571. The molecule has 0 unspecified atom stereocenters. The molecule has 4 heteroatoms. The van der Waals surface area contributed by atoms with Crippen LogP contribution in [0, 0.1) is 0 Å². The van der Waals surface area contributed by atoms with Gasteiger partial charge in [0.2, 0.25) is 0 Å². The van der Waals surface area contributed by atoms with Gasteiger partial charge in [-0.25, -0.2) is 0 Å². The van der Waals surface area contributed by atoms with Gasteiger partial charge in [-0.1, -0.05) is 6.08 Å². The first-order chi connectivity index (χ1) is 6.00. The fourth-order valence-electron chi connectivity index (χ4n) is 0.551. The summed E-state index contributed by atoms with van der Waals surface area (Å²) in [5.74, 6) is 0. The lowest BCUT2D eigenvalue weighted by Gasteiger charge is -1.94. The minimum atomic E-state index is 0.733. The Balaban J connectivity index is 0.000000120. The van der Waals surface area contributed by atoms with Gasteiger partial charge in [0, 0.05) is 0 Å². The molecule has 0 fully saturated rings. The van der Waals surface area contributed by atoms with Crippen molar-refractivity contribution in [3.05, 3.63) is 43.0 Å². The SMILES string of the molecule is C1=CCOC=C1.c1cnnnc1. The first kappa shape index (κ1) is 8.39. The van der Waals surface area contributed by atoms with E-state index in [4.69, 9.17) is 4.74 Å². The Morgan fingerprint density at radius 2 is 1.92 bits per heavy atom. The first-order valence-electron chi connectivity index (χ1n) is 3.52. The second-order valence-corrected chi connectivity index (χ2v) is 1.90. The van der Waals surface area contributed by atoms with E-state index in [1.54, 1.807) is 24.7 Å². The lowest BCUT2D eigenvalue weighted by Crippen LogP contribution is -1.82. The van der Waals surface area contributed by atoms with Crippen LogP contribution in [-0.4, -0.2) is 22.0 Å². The molecule has 0 saturated carbocycles. The van der Waals surface area contributed by atoms with Crippen molar-refractivity contribution >= 4 is 0 Å². The number of allylic oxidation sites excluding steroid dienone is 2. The van der Waals surface area contributed by atoms with Gasteiger partial charge in [-0.3, -0.25) is 0 Å². The highest BCUT2D eigenvalue weighted by Crippen LogP contribution is 1.87. The van der Waals surface area contributed by atoms with Crippen molar-refractivity contribution in [3.63, 3.8) is 0 Å². The molecule has 4 nitrogen and oxygen atoms in total. The number of ether oxygens (including phenoxy) is 1. The van der Waals surface area contributed by atoms with E-state index in [-0.39, 0.29) is 0 Å². The Morgan fingerprint density at radius 1 is 1.08 bits per heavy atom. The van der Waals surface area contributed by atoms with Crippen molar-refractivity contribution in [3.8, 4) is 0 Å². The Labute approximate surface area is 70.6 Å². The van der Waals surface area contributed by atoms with Crippen molar-refractivity contribution in [1.82, 2.24) is 15.4 Å². The molecule has 0 aromatic carbocycles. The van der Waals surface area contributed by atoms with Gasteiger partial charge in [0.1, 0.15) is 6.61 Å². The Hall–Kier alpha value is -1.71. The van der Waals surface area contributed by atoms with Gasteiger partial charge in [0.05, 0.1) is 18.7 Å². The second-order valence-electron chi connectivity index (χ2n) is 1.90. The molecular weight excluding hydrogens is 154 g/mol. The zero-order valence-corrected chi connectivity index (χ0v) is 6.50.